The number of rotatable bonds is 5. The van der Waals surface area contributed by atoms with Crippen LogP contribution in [-0.4, -0.2) is 9.55 Å². The summed E-state index contributed by atoms with van der Waals surface area (Å²) in [6, 6.07) is 33.9. The molecule has 2 nitrogen and oxygen atoms in total. The lowest BCUT2D eigenvalue weighted by Crippen LogP contribution is -1.98. The van der Waals surface area contributed by atoms with Gasteiger partial charge in [0.25, 0.3) is 0 Å². The molecule has 2 heteroatoms. The molecule has 9 rings (SSSR count). The van der Waals surface area contributed by atoms with Crippen LogP contribution < -0.4 is 0 Å². The fraction of sp³-hybridized carbons (Fsp3) is 0. The quantitative estimate of drug-likeness (QED) is 0.178. The van der Waals surface area contributed by atoms with Crippen molar-refractivity contribution in [2.45, 2.75) is 0 Å². The first-order valence-corrected chi connectivity index (χ1v) is 15.2. The minimum absolute atomic E-state index is 0.000426. The van der Waals surface area contributed by atoms with Gasteiger partial charge in [0.15, 0.2) is 0 Å². The molecule has 1 heterocycles. The number of fused-ring (bicyclic) bond motifs is 3. The van der Waals surface area contributed by atoms with E-state index in [1.165, 1.54) is 0 Å². The molecular weight excluding hydrogens is 569 g/mol. The van der Waals surface area contributed by atoms with Crippen LogP contribution in [0.2, 0.25) is 0 Å². The van der Waals surface area contributed by atoms with Crippen LogP contribution in [0, 0.1) is 0 Å². The molecule has 0 saturated heterocycles. The predicted octanol–water partition coefficient (Wildman–Crippen LogP) is 12.0. The van der Waals surface area contributed by atoms with E-state index in [9.17, 15) is 0 Å². The lowest BCUT2D eigenvalue weighted by Gasteiger charge is -2.19. The third-order valence-corrected chi connectivity index (χ3v) is 8.58. The van der Waals surface area contributed by atoms with Crippen molar-refractivity contribution >= 4 is 32.6 Å². The van der Waals surface area contributed by atoms with E-state index >= 15 is 0 Å². The van der Waals surface area contributed by atoms with Crippen molar-refractivity contribution in [2.75, 3.05) is 0 Å². The number of para-hydroxylation sites is 3. The number of aromatic nitrogens is 2. The molecule has 0 aliphatic heterocycles. The fourth-order valence-electron chi connectivity index (χ4n) is 6.61. The summed E-state index contributed by atoms with van der Waals surface area (Å²) in [7, 11) is 0. The molecule has 0 atom stereocenters. The average molecular weight is 609 g/mol. The molecule has 0 aliphatic carbocycles. The summed E-state index contributed by atoms with van der Waals surface area (Å²) in [4.78, 5) is 5.12. The lowest BCUT2D eigenvalue weighted by atomic mass is 9.84. The van der Waals surface area contributed by atoms with Crippen LogP contribution in [0.25, 0.3) is 83.0 Å². The molecule has 0 spiro atoms. The van der Waals surface area contributed by atoms with Crippen molar-refractivity contribution in [3.05, 3.63) is 182 Å². The van der Waals surface area contributed by atoms with Gasteiger partial charge in [-0.1, -0.05) is 151 Å². The third kappa shape index (κ3) is 4.54. The van der Waals surface area contributed by atoms with Gasteiger partial charge in [0.2, 0.25) is 0 Å². The van der Waals surface area contributed by atoms with E-state index in [-0.39, 0.29) is 35.3 Å². The molecule has 0 aliphatic rings. The minimum Gasteiger partial charge on any atom is -0.292 e. The van der Waals surface area contributed by atoms with E-state index in [0.717, 1.165) is 33.4 Å². The highest BCUT2D eigenvalue weighted by Crippen LogP contribution is 2.45. The molecule has 1 aromatic heterocycles. The van der Waals surface area contributed by atoms with Gasteiger partial charge in [0.1, 0.15) is 5.82 Å². The van der Waals surface area contributed by atoms with Crippen LogP contribution in [0.3, 0.4) is 0 Å². The second-order valence-corrected chi connectivity index (χ2v) is 11.2. The molecule has 8 aromatic carbocycles. The van der Waals surface area contributed by atoms with Crippen molar-refractivity contribution in [3.8, 4) is 50.5 Å². The molecule has 9 aromatic rings. The maximum atomic E-state index is 9.10. The highest BCUT2D eigenvalue weighted by Gasteiger charge is 2.20. The SMILES string of the molecule is [2H]c1c([2H])c([2H])c(-c2c3ccccc3c(-c3c([2H])c([2H])c([2H])c([2H])c3[2H])c3cc(-c4ccccc4-c4nc5ccccc5n4-c4ccccc4)ccc23)c([2H])c1[2H]. The summed E-state index contributed by atoms with van der Waals surface area (Å²) in [5, 5.41) is 1.93. The molecule has 220 valence electrons. The number of imidazole rings is 1. The molecular formula is C45H30N2. The van der Waals surface area contributed by atoms with E-state index in [2.05, 4.69) is 4.57 Å². The second-order valence-electron chi connectivity index (χ2n) is 11.2. The Hall–Kier alpha value is -6.25. The Kier molecular flexibility index (Phi) is 4.48. The van der Waals surface area contributed by atoms with Gasteiger partial charge >= 0.3 is 0 Å². The topological polar surface area (TPSA) is 17.8 Å². The Bertz CT molecular complexity index is 3080. The summed E-state index contributed by atoms with van der Waals surface area (Å²) in [5.41, 5.74) is 5.72. The van der Waals surface area contributed by atoms with Crippen molar-refractivity contribution < 1.29 is 13.7 Å². The molecule has 0 radical (unpaired) electrons. The van der Waals surface area contributed by atoms with Gasteiger partial charge in [-0.05, 0) is 85.3 Å². The van der Waals surface area contributed by atoms with Crippen LogP contribution in [0.15, 0.2) is 182 Å². The lowest BCUT2D eigenvalue weighted by molar-refractivity contribution is 1.10. The highest BCUT2D eigenvalue weighted by molar-refractivity contribution is 6.22. The van der Waals surface area contributed by atoms with Gasteiger partial charge < -0.3 is 0 Å². The maximum Gasteiger partial charge on any atom is 0.146 e. The van der Waals surface area contributed by atoms with Crippen LogP contribution >= 0.6 is 0 Å². The van der Waals surface area contributed by atoms with Crippen LogP contribution in [0.4, 0.5) is 0 Å². The van der Waals surface area contributed by atoms with E-state index < -0.39 is 36.3 Å². The number of hydrogen-bond acceptors (Lipinski definition) is 1. The van der Waals surface area contributed by atoms with Gasteiger partial charge in [-0.15, -0.1) is 0 Å². The summed E-state index contributed by atoms with van der Waals surface area (Å²) in [6.45, 7) is 0. The number of nitrogens with zero attached hydrogens (tertiary/aromatic N) is 2. The van der Waals surface area contributed by atoms with Crippen molar-refractivity contribution in [1.29, 1.82) is 0 Å². The average Bonchev–Trinajstić information content (AvgIpc) is 3.64. The molecule has 47 heavy (non-hydrogen) atoms. The summed E-state index contributed by atoms with van der Waals surface area (Å²) in [5.74, 6) is 0.697. The van der Waals surface area contributed by atoms with Crippen LogP contribution in [-0.2, 0) is 0 Å². The zero-order chi connectivity index (χ0) is 39.9. The molecule has 0 N–H and O–H groups in total. The first-order chi connectivity index (χ1) is 27.5. The Balaban J connectivity index is 1.43. The zero-order valence-electron chi connectivity index (χ0n) is 34.9. The van der Waals surface area contributed by atoms with Crippen molar-refractivity contribution in [2.24, 2.45) is 0 Å². The van der Waals surface area contributed by atoms with Crippen LogP contribution in [0.1, 0.15) is 13.7 Å². The smallest absolute Gasteiger partial charge is 0.146 e. The molecule has 0 unspecified atom stereocenters. The van der Waals surface area contributed by atoms with Crippen molar-refractivity contribution in [1.82, 2.24) is 9.55 Å². The van der Waals surface area contributed by atoms with Gasteiger partial charge in [0.05, 0.1) is 24.7 Å². The molecule has 0 fully saturated rings. The van der Waals surface area contributed by atoms with Gasteiger partial charge in [-0.2, -0.15) is 0 Å². The normalized spacial score (nSPS) is 14.4. The fourth-order valence-corrected chi connectivity index (χ4v) is 6.61. The van der Waals surface area contributed by atoms with Crippen molar-refractivity contribution in [3.63, 3.8) is 0 Å². The molecule has 0 amide bonds. The Morgan fingerprint density at radius 2 is 1.00 bits per heavy atom. The summed E-state index contributed by atoms with van der Waals surface area (Å²) >= 11 is 0. The first kappa shape index (κ1) is 18.7. The van der Waals surface area contributed by atoms with Crippen LogP contribution in [0.5, 0.6) is 0 Å². The summed E-state index contributed by atoms with van der Waals surface area (Å²) < 4.78 is 89.3. The number of benzene rings is 8. The maximum absolute atomic E-state index is 9.10. The third-order valence-electron chi connectivity index (χ3n) is 8.58. The molecule has 0 bridgehead atoms. The van der Waals surface area contributed by atoms with Gasteiger partial charge in [-0.25, -0.2) is 4.98 Å². The molecule has 0 saturated carbocycles. The standard InChI is InChI=1S/C45H30N2/c1-4-16-31(17-5-1)43-36-23-11-12-24-37(36)44(32-18-6-2-7-19-32)40-30-33(28-29-38(40)43)35-22-10-13-25-39(35)45-46-41-26-14-15-27-42(41)47(45)34-20-8-3-9-21-34/h1-30H/i1D,2D,4D,5D,6D,7D,16D,17D,18D,19D. The largest absolute Gasteiger partial charge is 0.292 e. The summed E-state index contributed by atoms with van der Waals surface area (Å²) in [6.07, 6.45) is 0. The zero-order valence-corrected chi connectivity index (χ0v) is 24.9. The van der Waals surface area contributed by atoms with E-state index in [4.69, 9.17) is 18.7 Å². The van der Waals surface area contributed by atoms with Gasteiger partial charge in [0, 0.05) is 11.3 Å². The Labute approximate surface area is 287 Å². The Morgan fingerprint density at radius 3 is 1.70 bits per heavy atom. The second kappa shape index (κ2) is 11.3. The highest BCUT2D eigenvalue weighted by atomic mass is 15.1. The van der Waals surface area contributed by atoms with E-state index in [1.807, 2.05) is 97.1 Å². The van der Waals surface area contributed by atoms with Gasteiger partial charge in [-0.3, -0.25) is 4.57 Å². The van der Waals surface area contributed by atoms with E-state index in [1.54, 1.807) is 24.3 Å². The first-order valence-electron chi connectivity index (χ1n) is 20.2. The minimum atomic E-state index is -0.519. The predicted molar refractivity (Wildman–Crippen MR) is 198 cm³/mol. The Morgan fingerprint density at radius 1 is 0.447 bits per heavy atom. The monoisotopic (exact) mass is 608 g/mol. The number of hydrogen-bond donors (Lipinski definition) is 0. The van der Waals surface area contributed by atoms with E-state index in [0.29, 0.717) is 38.5 Å².